The average Bonchev–Trinajstić information content (AvgIpc) is 2.58. The molecular formula is C21H27NO4. The number of hydrogen-bond donors (Lipinski definition) is 2. The van der Waals surface area contributed by atoms with Gasteiger partial charge in [0.15, 0.2) is 0 Å². The van der Waals surface area contributed by atoms with Crippen molar-refractivity contribution in [3.8, 4) is 5.75 Å². The summed E-state index contributed by atoms with van der Waals surface area (Å²) in [6, 6.07) is 16.6. The Morgan fingerprint density at radius 1 is 1.12 bits per heavy atom. The highest BCUT2D eigenvalue weighted by Crippen LogP contribution is 2.23. The predicted molar refractivity (Wildman–Crippen MR) is 101 cm³/mol. The van der Waals surface area contributed by atoms with Crippen LogP contribution < -0.4 is 10.1 Å². The minimum absolute atomic E-state index is 0.450. The van der Waals surface area contributed by atoms with E-state index >= 15 is 0 Å². The number of carbonyl (C=O) groups is 1. The van der Waals surface area contributed by atoms with E-state index in [0.29, 0.717) is 17.9 Å². The minimum atomic E-state index is -0.872. The molecule has 0 fully saturated rings. The molecule has 2 aromatic carbocycles. The molecule has 0 saturated heterocycles. The van der Waals surface area contributed by atoms with Gasteiger partial charge in [0.05, 0.1) is 12.1 Å². The van der Waals surface area contributed by atoms with E-state index in [1.54, 1.807) is 39.8 Å². The van der Waals surface area contributed by atoms with Gasteiger partial charge in [-0.3, -0.25) is 0 Å². The summed E-state index contributed by atoms with van der Waals surface area (Å²) < 4.78 is 11.0. The van der Waals surface area contributed by atoms with E-state index in [1.807, 2.05) is 42.5 Å². The van der Waals surface area contributed by atoms with Gasteiger partial charge in [0.25, 0.3) is 0 Å². The highest BCUT2D eigenvalue weighted by atomic mass is 16.6. The molecule has 5 nitrogen and oxygen atoms in total. The molecule has 1 amide bonds. The zero-order chi connectivity index (χ0) is 19.2. The Morgan fingerprint density at radius 3 is 2.46 bits per heavy atom. The SMILES string of the molecule is CC(NC(=O)OC(C)(C)C)C(O)c1cccc(OCc2ccccc2)c1. The van der Waals surface area contributed by atoms with Gasteiger partial charge in [-0.1, -0.05) is 42.5 Å². The van der Waals surface area contributed by atoms with Crippen molar-refractivity contribution in [2.24, 2.45) is 0 Å². The summed E-state index contributed by atoms with van der Waals surface area (Å²) in [5, 5.41) is 13.2. The van der Waals surface area contributed by atoms with Crippen molar-refractivity contribution < 1.29 is 19.4 Å². The summed E-state index contributed by atoms with van der Waals surface area (Å²) in [6.07, 6.45) is -1.43. The molecule has 26 heavy (non-hydrogen) atoms. The number of rotatable bonds is 6. The maximum absolute atomic E-state index is 11.9. The lowest BCUT2D eigenvalue weighted by molar-refractivity contribution is 0.0435. The number of amides is 1. The van der Waals surface area contributed by atoms with Gasteiger partial charge in [-0.2, -0.15) is 0 Å². The van der Waals surface area contributed by atoms with E-state index < -0.39 is 23.8 Å². The summed E-state index contributed by atoms with van der Waals surface area (Å²) >= 11 is 0. The second-order valence-electron chi connectivity index (χ2n) is 7.23. The van der Waals surface area contributed by atoms with Crippen LogP contribution in [0.25, 0.3) is 0 Å². The first-order valence-electron chi connectivity index (χ1n) is 8.69. The van der Waals surface area contributed by atoms with Gasteiger partial charge >= 0.3 is 6.09 Å². The molecule has 0 aliphatic rings. The van der Waals surface area contributed by atoms with Crippen molar-refractivity contribution in [1.29, 1.82) is 0 Å². The van der Waals surface area contributed by atoms with Crippen molar-refractivity contribution in [2.45, 2.75) is 52.0 Å². The van der Waals surface area contributed by atoms with Gasteiger partial charge < -0.3 is 19.9 Å². The third kappa shape index (κ3) is 6.41. The lowest BCUT2D eigenvalue weighted by Gasteiger charge is -2.24. The maximum Gasteiger partial charge on any atom is 0.407 e. The van der Waals surface area contributed by atoms with E-state index in [1.165, 1.54) is 0 Å². The Kier molecular flexibility index (Phi) is 6.64. The molecule has 2 unspecified atom stereocenters. The molecule has 5 heteroatoms. The molecule has 2 aromatic rings. The van der Waals surface area contributed by atoms with Crippen LogP contribution in [0.15, 0.2) is 54.6 Å². The summed E-state index contributed by atoms with van der Waals surface area (Å²) in [5.74, 6) is 0.662. The molecule has 0 aliphatic heterocycles. The fourth-order valence-electron chi connectivity index (χ4n) is 2.39. The van der Waals surface area contributed by atoms with E-state index in [9.17, 15) is 9.90 Å². The van der Waals surface area contributed by atoms with E-state index in [2.05, 4.69) is 5.32 Å². The van der Waals surface area contributed by atoms with Crippen LogP contribution in [0.2, 0.25) is 0 Å². The Hall–Kier alpha value is -2.53. The van der Waals surface area contributed by atoms with Crippen LogP contribution in [0.3, 0.4) is 0 Å². The van der Waals surface area contributed by atoms with Crippen LogP contribution in [-0.2, 0) is 11.3 Å². The first-order valence-corrected chi connectivity index (χ1v) is 8.69. The zero-order valence-electron chi connectivity index (χ0n) is 15.7. The van der Waals surface area contributed by atoms with Crippen molar-refractivity contribution >= 4 is 6.09 Å². The smallest absolute Gasteiger partial charge is 0.407 e. The van der Waals surface area contributed by atoms with Gasteiger partial charge in [-0.15, -0.1) is 0 Å². The van der Waals surface area contributed by atoms with Crippen LogP contribution in [0.4, 0.5) is 4.79 Å². The van der Waals surface area contributed by atoms with Crippen molar-refractivity contribution in [2.75, 3.05) is 0 Å². The van der Waals surface area contributed by atoms with Gasteiger partial charge in [0, 0.05) is 0 Å². The average molecular weight is 357 g/mol. The largest absolute Gasteiger partial charge is 0.489 e. The summed E-state index contributed by atoms with van der Waals surface area (Å²) in [6.45, 7) is 7.56. The van der Waals surface area contributed by atoms with Crippen molar-refractivity contribution in [3.63, 3.8) is 0 Å². The number of alkyl carbamates (subject to hydrolysis) is 1. The Labute approximate surface area is 155 Å². The standard InChI is InChI=1S/C21H27NO4/c1-15(22-20(24)26-21(2,3)4)19(23)17-11-8-12-18(13-17)25-14-16-9-6-5-7-10-16/h5-13,15,19,23H,14H2,1-4H3,(H,22,24). The maximum atomic E-state index is 11.9. The first kappa shape index (κ1) is 19.8. The molecule has 0 aliphatic carbocycles. The van der Waals surface area contributed by atoms with Gasteiger partial charge in [0.2, 0.25) is 0 Å². The molecule has 0 spiro atoms. The molecule has 2 N–H and O–H groups in total. The van der Waals surface area contributed by atoms with Gasteiger partial charge in [0.1, 0.15) is 18.0 Å². The molecule has 0 heterocycles. The van der Waals surface area contributed by atoms with Crippen LogP contribution in [0.1, 0.15) is 44.9 Å². The van der Waals surface area contributed by atoms with Crippen molar-refractivity contribution in [3.05, 3.63) is 65.7 Å². The van der Waals surface area contributed by atoms with E-state index in [-0.39, 0.29) is 0 Å². The highest BCUT2D eigenvalue weighted by molar-refractivity contribution is 5.68. The number of benzene rings is 2. The summed E-state index contributed by atoms with van der Waals surface area (Å²) in [4.78, 5) is 11.9. The molecule has 0 bridgehead atoms. The lowest BCUT2D eigenvalue weighted by atomic mass is 10.0. The number of ether oxygens (including phenoxy) is 2. The van der Waals surface area contributed by atoms with Gasteiger partial charge in [-0.25, -0.2) is 4.79 Å². The number of aliphatic hydroxyl groups excluding tert-OH is 1. The van der Waals surface area contributed by atoms with Crippen LogP contribution in [-0.4, -0.2) is 22.8 Å². The third-order valence-corrected chi connectivity index (χ3v) is 3.67. The normalized spacial score (nSPS) is 13.6. The van der Waals surface area contributed by atoms with Crippen molar-refractivity contribution in [1.82, 2.24) is 5.32 Å². The van der Waals surface area contributed by atoms with Crippen LogP contribution in [0.5, 0.6) is 5.75 Å². The molecule has 0 aromatic heterocycles. The molecule has 2 rings (SSSR count). The van der Waals surface area contributed by atoms with E-state index in [0.717, 1.165) is 5.56 Å². The lowest BCUT2D eigenvalue weighted by Crippen LogP contribution is -2.40. The third-order valence-electron chi connectivity index (χ3n) is 3.67. The second-order valence-corrected chi connectivity index (χ2v) is 7.23. The van der Waals surface area contributed by atoms with Crippen LogP contribution in [0, 0.1) is 0 Å². The Bertz CT molecular complexity index is 709. The first-order chi connectivity index (χ1) is 12.2. The molecule has 2 atom stereocenters. The van der Waals surface area contributed by atoms with E-state index in [4.69, 9.17) is 9.47 Å². The number of carbonyl (C=O) groups excluding carboxylic acids is 1. The topological polar surface area (TPSA) is 67.8 Å². The number of aliphatic hydroxyl groups is 1. The summed E-state index contributed by atoms with van der Waals surface area (Å²) in [5.41, 5.74) is 1.15. The number of hydrogen-bond acceptors (Lipinski definition) is 4. The summed E-state index contributed by atoms with van der Waals surface area (Å²) in [7, 11) is 0. The minimum Gasteiger partial charge on any atom is -0.489 e. The second kappa shape index (κ2) is 8.72. The molecular weight excluding hydrogens is 330 g/mol. The fourth-order valence-corrected chi connectivity index (χ4v) is 2.39. The zero-order valence-corrected chi connectivity index (χ0v) is 15.7. The molecule has 140 valence electrons. The molecule has 0 saturated carbocycles. The molecule has 0 radical (unpaired) electrons. The van der Waals surface area contributed by atoms with Gasteiger partial charge in [-0.05, 0) is 51.0 Å². The number of nitrogens with one attached hydrogen (secondary N) is 1. The Balaban J connectivity index is 1.96. The fraction of sp³-hybridized carbons (Fsp3) is 0.381. The predicted octanol–water partition coefficient (Wildman–Crippen LogP) is 4.21. The monoisotopic (exact) mass is 357 g/mol. The highest BCUT2D eigenvalue weighted by Gasteiger charge is 2.22. The quantitative estimate of drug-likeness (QED) is 0.812. The Morgan fingerprint density at radius 2 is 1.81 bits per heavy atom. The van der Waals surface area contributed by atoms with Crippen LogP contribution >= 0.6 is 0 Å².